The maximum Gasteiger partial charge on any atom is 0.160 e. The van der Waals surface area contributed by atoms with Crippen molar-refractivity contribution in [2.24, 2.45) is 0 Å². The van der Waals surface area contributed by atoms with Crippen molar-refractivity contribution < 1.29 is 4.42 Å². The van der Waals surface area contributed by atoms with E-state index < -0.39 is 0 Å². The minimum Gasteiger partial charge on any atom is -0.454 e. The number of benzene rings is 4. The van der Waals surface area contributed by atoms with Gasteiger partial charge >= 0.3 is 0 Å². The Morgan fingerprint density at radius 1 is 0.517 bits per heavy atom. The fraction of sp³-hybridized carbons (Fsp3) is 0. The third-order valence-corrected chi connectivity index (χ3v) is 5.98. The molecule has 0 radical (unpaired) electrons. The molecule has 3 nitrogen and oxygen atoms in total. The van der Waals surface area contributed by atoms with E-state index in [0.29, 0.717) is 0 Å². The smallest absolute Gasteiger partial charge is 0.160 e. The van der Waals surface area contributed by atoms with Crippen molar-refractivity contribution in [1.29, 1.82) is 0 Å². The van der Waals surface area contributed by atoms with E-state index in [1.807, 2.05) is 12.1 Å². The molecule has 0 atom stereocenters. The third kappa shape index (κ3) is 1.91. The molecule has 0 saturated carbocycles. The van der Waals surface area contributed by atoms with E-state index >= 15 is 0 Å². The number of rotatable bonds is 1. The predicted octanol–water partition coefficient (Wildman–Crippen LogP) is 7.37. The van der Waals surface area contributed by atoms with Gasteiger partial charge in [0.25, 0.3) is 0 Å². The van der Waals surface area contributed by atoms with Gasteiger partial charge in [0, 0.05) is 32.8 Å². The monoisotopic (exact) mass is 372 g/mol. The second-order valence-electron chi connectivity index (χ2n) is 7.55. The molecule has 0 unspecified atom stereocenters. The zero-order valence-corrected chi connectivity index (χ0v) is 15.5. The number of nitrogens with one attached hydrogen (secondary N) is 2. The van der Waals surface area contributed by atoms with E-state index in [1.54, 1.807) is 0 Å². The Bertz CT molecular complexity index is 1710. The fourth-order valence-electron chi connectivity index (χ4n) is 4.70. The summed E-state index contributed by atoms with van der Waals surface area (Å²) in [6.45, 7) is 0. The molecule has 7 aromatic rings. The van der Waals surface area contributed by atoms with Crippen LogP contribution in [-0.4, -0.2) is 9.97 Å². The van der Waals surface area contributed by atoms with Crippen LogP contribution in [0.1, 0.15) is 0 Å². The van der Waals surface area contributed by atoms with Crippen molar-refractivity contribution in [1.82, 2.24) is 9.97 Å². The number of H-pyrrole nitrogens is 2. The van der Waals surface area contributed by atoms with Crippen LogP contribution in [0.5, 0.6) is 0 Å². The summed E-state index contributed by atoms with van der Waals surface area (Å²) in [6.07, 6.45) is 0. The van der Waals surface area contributed by atoms with E-state index in [1.165, 1.54) is 21.9 Å². The molecule has 0 spiro atoms. The molecule has 29 heavy (non-hydrogen) atoms. The minimum atomic E-state index is 0.905. The summed E-state index contributed by atoms with van der Waals surface area (Å²) >= 11 is 0. The lowest BCUT2D eigenvalue weighted by Crippen LogP contribution is -1.82. The van der Waals surface area contributed by atoms with Crippen LogP contribution in [0, 0.1) is 0 Å². The van der Waals surface area contributed by atoms with Gasteiger partial charge in [-0.1, -0.05) is 60.7 Å². The van der Waals surface area contributed by atoms with Gasteiger partial charge < -0.3 is 14.4 Å². The quantitative estimate of drug-likeness (QED) is 0.310. The molecule has 0 bridgehead atoms. The summed E-state index contributed by atoms with van der Waals surface area (Å²) in [4.78, 5) is 7.22. The first-order chi connectivity index (χ1) is 14.4. The molecule has 7 rings (SSSR count). The van der Waals surface area contributed by atoms with Crippen LogP contribution in [0.4, 0.5) is 0 Å². The van der Waals surface area contributed by atoms with Crippen LogP contribution in [0.25, 0.3) is 65.9 Å². The number of hydrogen-bond acceptors (Lipinski definition) is 1. The topological polar surface area (TPSA) is 44.7 Å². The number of furan rings is 1. The highest BCUT2D eigenvalue weighted by molar-refractivity contribution is 6.21. The van der Waals surface area contributed by atoms with Crippen molar-refractivity contribution in [3.63, 3.8) is 0 Å². The SMILES string of the molecule is c1ccc2c(c1)[nH]c1c(-c3cccc4oc5c6ccccc6[nH]c5c34)cccc12. The van der Waals surface area contributed by atoms with Gasteiger partial charge in [-0.2, -0.15) is 0 Å². The van der Waals surface area contributed by atoms with E-state index in [0.717, 1.165) is 44.0 Å². The zero-order chi connectivity index (χ0) is 18.9. The molecule has 2 N–H and O–H groups in total. The summed E-state index contributed by atoms with van der Waals surface area (Å²) in [6, 6.07) is 29.6. The molecule has 0 fully saturated rings. The average molecular weight is 372 g/mol. The minimum absolute atomic E-state index is 0.905. The van der Waals surface area contributed by atoms with Crippen LogP contribution in [0.3, 0.4) is 0 Å². The highest BCUT2D eigenvalue weighted by Gasteiger charge is 2.18. The average Bonchev–Trinajstić information content (AvgIpc) is 3.42. The van der Waals surface area contributed by atoms with E-state index in [-0.39, 0.29) is 0 Å². The summed E-state index contributed by atoms with van der Waals surface area (Å²) in [5.74, 6) is 0. The maximum absolute atomic E-state index is 6.30. The molecule has 0 aliphatic carbocycles. The van der Waals surface area contributed by atoms with Gasteiger partial charge in [-0.15, -0.1) is 0 Å². The standard InChI is InChI=1S/C26H16N2O/c1-3-12-20-15(7-1)17-10-5-11-18(24(17)27-20)16-9-6-14-22-23(16)25-26(29-22)19-8-2-4-13-21(19)28-25/h1-14,27-28H. The first-order valence-electron chi connectivity index (χ1n) is 9.80. The Balaban J connectivity index is 1.65. The third-order valence-electron chi connectivity index (χ3n) is 5.98. The lowest BCUT2D eigenvalue weighted by molar-refractivity contribution is 0.673. The van der Waals surface area contributed by atoms with Gasteiger partial charge in [0.05, 0.1) is 16.4 Å². The summed E-state index contributed by atoms with van der Waals surface area (Å²) in [5, 5.41) is 4.74. The van der Waals surface area contributed by atoms with Crippen molar-refractivity contribution in [2.75, 3.05) is 0 Å². The lowest BCUT2D eigenvalue weighted by atomic mass is 9.98. The molecule has 0 aliphatic heterocycles. The molecule has 3 heterocycles. The van der Waals surface area contributed by atoms with Crippen LogP contribution in [0.2, 0.25) is 0 Å². The molecular weight excluding hydrogens is 356 g/mol. The number of fused-ring (bicyclic) bond motifs is 8. The second-order valence-corrected chi connectivity index (χ2v) is 7.55. The van der Waals surface area contributed by atoms with Crippen LogP contribution in [0.15, 0.2) is 89.3 Å². The first-order valence-corrected chi connectivity index (χ1v) is 9.80. The molecule has 0 amide bonds. The van der Waals surface area contributed by atoms with E-state index in [2.05, 4.69) is 82.8 Å². The second kappa shape index (κ2) is 5.30. The number of aromatic nitrogens is 2. The zero-order valence-electron chi connectivity index (χ0n) is 15.5. The predicted molar refractivity (Wildman–Crippen MR) is 120 cm³/mol. The highest BCUT2D eigenvalue weighted by atomic mass is 16.3. The Labute approximate surface area is 165 Å². The summed E-state index contributed by atoms with van der Waals surface area (Å²) < 4.78 is 6.30. The molecule has 0 aliphatic rings. The molecule has 3 aromatic heterocycles. The summed E-state index contributed by atoms with van der Waals surface area (Å²) in [5.41, 5.74) is 8.66. The Morgan fingerprint density at radius 3 is 2.07 bits per heavy atom. The van der Waals surface area contributed by atoms with Crippen LogP contribution < -0.4 is 0 Å². The van der Waals surface area contributed by atoms with Gasteiger partial charge in [-0.3, -0.25) is 0 Å². The number of aromatic amines is 2. The number of para-hydroxylation sites is 3. The lowest BCUT2D eigenvalue weighted by Gasteiger charge is -2.05. The maximum atomic E-state index is 6.30. The Morgan fingerprint density at radius 2 is 1.17 bits per heavy atom. The van der Waals surface area contributed by atoms with Crippen molar-refractivity contribution in [2.45, 2.75) is 0 Å². The van der Waals surface area contributed by atoms with Crippen molar-refractivity contribution in [3.8, 4) is 11.1 Å². The van der Waals surface area contributed by atoms with E-state index in [4.69, 9.17) is 4.42 Å². The van der Waals surface area contributed by atoms with E-state index in [9.17, 15) is 0 Å². The molecule has 0 saturated heterocycles. The summed E-state index contributed by atoms with van der Waals surface area (Å²) in [7, 11) is 0. The van der Waals surface area contributed by atoms with Crippen LogP contribution in [-0.2, 0) is 0 Å². The molecule has 3 heteroatoms. The van der Waals surface area contributed by atoms with Gasteiger partial charge in [-0.05, 0) is 29.8 Å². The van der Waals surface area contributed by atoms with Gasteiger partial charge in [0.1, 0.15) is 5.58 Å². The van der Waals surface area contributed by atoms with Gasteiger partial charge in [0.2, 0.25) is 0 Å². The van der Waals surface area contributed by atoms with Gasteiger partial charge in [-0.25, -0.2) is 0 Å². The highest BCUT2D eigenvalue weighted by Crippen LogP contribution is 2.41. The fourth-order valence-corrected chi connectivity index (χ4v) is 4.70. The normalized spacial score (nSPS) is 12.1. The number of hydrogen-bond donors (Lipinski definition) is 2. The Hall–Kier alpha value is -3.98. The largest absolute Gasteiger partial charge is 0.454 e. The first kappa shape index (κ1) is 15.0. The molecule has 136 valence electrons. The van der Waals surface area contributed by atoms with Crippen molar-refractivity contribution in [3.05, 3.63) is 84.9 Å². The molecule has 4 aromatic carbocycles. The van der Waals surface area contributed by atoms with Crippen molar-refractivity contribution >= 4 is 54.8 Å². The Kier molecular flexibility index (Phi) is 2.74. The molecular formula is C26H16N2O. The van der Waals surface area contributed by atoms with Crippen LogP contribution >= 0.6 is 0 Å². The van der Waals surface area contributed by atoms with Gasteiger partial charge in [0.15, 0.2) is 5.58 Å².